The van der Waals surface area contributed by atoms with Gasteiger partial charge in [0.1, 0.15) is 5.76 Å². The van der Waals surface area contributed by atoms with Crippen molar-refractivity contribution in [3.05, 3.63) is 60.3 Å². The average Bonchev–Trinajstić information content (AvgIpc) is 2.81. The molecule has 2 N–H and O–H groups in total. The molecule has 2 heterocycles. The van der Waals surface area contributed by atoms with Gasteiger partial charge in [-0.1, -0.05) is 12.7 Å². The monoisotopic (exact) mass is 460 g/mol. The van der Waals surface area contributed by atoms with E-state index in [1.54, 1.807) is 12.1 Å². The third-order valence-electron chi connectivity index (χ3n) is 4.84. The predicted octanol–water partition coefficient (Wildman–Crippen LogP) is 1.97. The van der Waals surface area contributed by atoms with Crippen LogP contribution in [-0.4, -0.2) is 69.6 Å². The third kappa shape index (κ3) is 8.08. The van der Waals surface area contributed by atoms with Crippen LogP contribution in [0.4, 0.5) is 14.9 Å². The van der Waals surface area contributed by atoms with Gasteiger partial charge in [-0.15, -0.1) is 0 Å². The number of piperazine rings is 1. The van der Waals surface area contributed by atoms with E-state index in [2.05, 4.69) is 34.1 Å². The summed E-state index contributed by atoms with van der Waals surface area (Å²) in [6.45, 7) is 10.1. The van der Waals surface area contributed by atoms with Crippen LogP contribution < -0.4 is 20.3 Å². The van der Waals surface area contributed by atoms with E-state index >= 15 is 0 Å². The highest BCUT2D eigenvalue weighted by molar-refractivity contribution is 6.23. The Kier molecular flexibility index (Phi) is 10.1. The number of halogens is 1. The quantitative estimate of drug-likeness (QED) is 0.474. The van der Waals surface area contributed by atoms with Crippen molar-refractivity contribution in [3.63, 3.8) is 0 Å². The Hall–Kier alpha value is -3.66. The largest absolute Gasteiger partial charge is 0.491 e. The molecule has 0 aromatic heterocycles. The maximum absolute atomic E-state index is 13.7. The van der Waals surface area contributed by atoms with E-state index in [9.17, 15) is 18.8 Å². The number of cyclic esters (lactones) is 1. The van der Waals surface area contributed by atoms with Gasteiger partial charge in [-0.25, -0.2) is 9.18 Å². The summed E-state index contributed by atoms with van der Waals surface area (Å²) in [5.74, 6) is -0.434. The SMILES string of the molecule is C=CC1=C(/C=C/NC(=O)C=O)OC(=O)NC1.CCOc1ccc(N2CCN(C)CC2)cc1F. The van der Waals surface area contributed by atoms with Gasteiger partial charge < -0.3 is 29.9 Å². The lowest BCUT2D eigenvalue weighted by molar-refractivity contribution is -0.130. The molecule has 1 aromatic rings. The van der Waals surface area contributed by atoms with Gasteiger partial charge in [0, 0.05) is 56.3 Å². The summed E-state index contributed by atoms with van der Waals surface area (Å²) in [6, 6.07) is 5.21. The molecule has 0 unspecified atom stereocenters. The third-order valence-corrected chi connectivity index (χ3v) is 4.84. The van der Waals surface area contributed by atoms with Gasteiger partial charge >= 0.3 is 6.09 Å². The molecule has 0 aliphatic carbocycles. The molecule has 2 amide bonds. The number of hydrogen-bond donors (Lipinski definition) is 2. The highest BCUT2D eigenvalue weighted by Crippen LogP contribution is 2.24. The number of rotatable bonds is 7. The van der Waals surface area contributed by atoms with Gasteiger partial charge in [0.25, 0.3) is 5.91 Å². The van der Waals surface area contributed by atoms with Crippen molar-refractivity contribution in [2.24, 2.45) is 0 Å². The fraction of sp³-hybridized carbons (Fsp3) is 0.348. The number of nitrogens with zero attached hydrogens (tertiary/aromatic N) is 2. The molecule has 178 valence electrons. The van der Waals surface area contributed by atoms with Crippen LogP contribution >= 0.6 is 0 Å². The molecular formula is C23H29FN4O5. The van der Waals surface area contributed by atoms with Crippen LogP contribution in [0.15, 0.2) is 54.5 Å². The highest BCUT2D eigenvalue weighted by Gasteiger charge is 2.16. The number of aldehydes is 1. The normalized spacial score (nSPS) is 16.3. The molecule has 1 saturated heterocycles. The van der Waals surface area contributed by atoms with Gasteiger partial charge in [-0.2, -0.15) is 0 Å². The molecule has 1 aromatic carbocycles. The Morgan fingerprint density at radius 1 is 1.33 bits per heavy atom. The van der Waals surface area contributed by atoms with Crippen molar-refractivity contribution in [1.29, 1.82) is 0 Å². The van der Waals surface area contributed by atoms with Gasteiger partial charge in [0.2, 0.25) is 6.29 Å². The van der Waals surface area contributed by atoms with Gasteiger partial charge in [-0.05, 0) is 32.2 Å². The first kappa shape index (κ1) is 25.6. The number of anilines is 1. The van der Waals surface area contributed by atoms with Gasteiger partial charge in [0.05, 0.1) is 6.61 Å². The number of likely N-dealkylation sites (N-methyl/N-ethyl adjacent to an activating group) is 1. The second kappa shape index (κ2) is 13.0. The van der Waals surface area contributed by atoms with E-state index < -0.39 is 12.0 Å². The Morgan fingerprint density at radius 2 is 2.06 bits per heavy atom. The molecule has 0 saturated carbocycles. The molecule has 1 fully saturated rings. The molecule has 0 spiro atoms. The number of carbonyl (C=O) groups is 3. The lowest BCUT2D eigenvalue weighted by atomic mass is 10.2. The van der Waals surface area contributed by atoms with E-state index in [0.717, 1.165) is 31.9 Å². The molecule has 2 aliphatic heterocycles. The number of carbonyl (C=O) groups excluding carboxylic acids is 3. The molecule has 0 bridgehead atoms. The van der Waals surface area contributed by atoms with Crippen LogP contribution in [0.3, 0.4) is 0 Å². The number of alkyl carbamates (subject to hydrolysis) is 1. The first-order valence-corrected chi connectivity index (χ1v) is 10.5. The standard InChI is InChI=1S/C13H19FN2O.C10H10N2O4/c1-3-17-13-5-4-11(10-12(13)14)16-8-6-15(2)7-9-16;1-2-7-5-12-10(15)16-8(7)3-4-11-9(14)6-13/h4-5,10H,3,6-9H2,1-2H3;2-4,6H,1,5H2,(H,11,14)(H,12,15)/b;4-3+. The summed E-state index contributed by atoms with van der Waals surface area (Å²) >= 11 is 0. The maximum Gasteiger partial charge on any atom is 0.412 e. The fourth-order valence-corrected chi connectivity index (χ4v) is 3.03. The lowest BCUT2D eigenvalue weighted by Gasteiger charge is -2.34. The van der Waals surface area contributed by atoms with Crippen LogP contribution in [0.1, 0.15) is 6.92 Å². The summed E-state index contributed by atoms with van der Waals surface area (Å²) in [7, 11) is 2.11. The van der Waals surface area contributed by atoms with Crippen LogP contribution in [0.2, 0.25) is 0 Å². The molecular weight excluding hydrogens is 431 g/mol. The fourth-order valence-electron chi connectivity index (χ4n) is 3.03. The molecule has 0 radical (unpaired) electrons. The second-order valence-electron chi connectivity index (χ2n) is 7.13. The van der Waals surface area contributed by atoms with E-state index in [1.807, 2.05) is 13.0 Å². The van der Waals surface area contributed by atoms with Crippen molar-refractivity contribution in [1.82, 2.24) is 15.5 Å². The van der Waals surface area contributed by atoms with Gasteiger partial charge in [0.15, 0.2) is 11.6 Å². The molecule has 33 heavy (non-hydrogen) atoms. The first-order valence-electron chi connectivity index (χ1n) is 10.5. The number of amides is 2. The number of hydrogen-bond acceptors (Lipinski definition) is 7. The zero-order valence-electron chi connectivity index (χ0n) is 18.8. The zero-order chi connectivity index (χ0) is 24.2. The van der Waals surface area contributed by atoms with Gasteiger partial charge in [-0.3, -0.25) is 9.59 Å². The molecule has 0 atom stereocenters. The number of nitrogens with one attached hydrogen (secondary N) is 2. The first-order chi connectivity index (χ1) is 15.9. The Balaban J connectivity index is 0.000000234. The topological polar surface area (TPSA) is 100 Å². The Morgan fingerprint density at radius 3 is 2.67 bits per heavy atom. The smallest absolute Gasteiger partial charge is 0.412 e. The summed E-state index contributed by atoms with van der Waals surface area (Å²) in [6.07, 6.45) is 3.68. The van der Waals surface area contributed by atoms with Crippen LogP contribution in [-0.2, 0) is 14.3 Å². The van der Waals surface area contributed by atoms with E-state index in [0.29, 0.717) is 24.5 Å². The van der Waals surface area contributed by atoms with Crippen molar-refractivity contribution in [2.75, 3.05) is 51.3 Å². The minimum Gasteiger partial charge on any atom is -0.491 e. The number of allylic oxidation sites excluding steroid dienone is 1. The summed E-state index contributed by atoms with van der Waals surface area (Å²) in [5, 5.41) is 4.63. The van der Waals surface area contributed by atoms with Crippen molar-refractivity contribution < 1.29 is 28.2 Å². The summed E-state index contributed by atoms with van der Waals surface area (Å²) < 4.78 is 23.7. The summed E-state index contributed by atoms with van der Waals surface area (Å²) in [4.78, 5) is 36.0. The molecule has 9 nitrogen and oxygen atoms in total. The minimum atomic E-state index is -0.780. The van der Waals surface area contributed by atoms with Crippen molar-refractivity contribution >= 4 is 24.0 Å². The van der Waals surface area contributed by atoms with Crippen molar-refractivity contribution in [3.8, 4) is 5.75 Å². The lowest BCUT2D eigenvalue weighted by Crippen LogP contribution is -2.44. The van der Waals surface area contributed by atoms with Crippen LogP contribution in [0, 0.1) is 5.82 Å². The summed E-state index contributed by atoms with van der Waals surface area (Å²) in [5.41, 5.74) is 1.62. The van der Waals surface area contributed by atoms with Crippen LogP contribution in [0.5, 0.6) is 5.75 Å². The molecule has 3 rings (SSSR count). The zero-order valence-corrected chi connectivity index (χ0v) is 18.8. The number of benzene rings is 1. The van der Waals surface area contributed by atoms with E-state index in [-0.39, 0.29) is 17.9 Å². The van der Waals surface area contributed by atoms with Crippen LogP contribution in [0.25, 0.3) is 0 Å². The Bertz CT molecular complexity index is 923. The van der Waals surface area contributed by atoms with E-state index in [4.69, 9.17) is 9.47 Å². The molecule has 2 aliphatic rings. The average molecular weight is 461 g/mol. The minimum absolute atomic E-state index is 0.140. The maximum atomic E-state index is 13.7. The second-order valence-corrected chi connectivity index (χ2v) is 7.13. The van der Waals surface area contributed by atoms with Crippen molar-refractivity contribution in [2.45, 2.75) is 6.92 Å². The highest BCUT2D eigenvalue weighted by atomic mass is 19.1. The predicted molar refractivity (Wildman–Crippen MR) is 122 cm³/mol. The molecule has 10 heteroatoms. The van der Waals surface area contributed by atoms with E-state index in [1.165, 1.54) is 18.4 Å². The Labute approximate surface area is 192 Å². The number of ether oxygens (including phenoxy) is 2.